The van der Waals surface area contributed by atoms with Gasteiger partial charge in [0.2, 0.25) is 0 Å². The predicted octanol–water partition coefficient (Wildman–Crippen LogP) is 0.671. The van der Waals surface area contributed by atoms with Crippen LogP contribution in [0.15, 0.2) is 17.3 Å². The van der Waals surface area contributed by atoms with Crippen LogP contribution in [0.25, 0.3) is 0 Å². The predicted molar refractivity (Wildman–Crippen MR) is 103 cm³/mol. The SMILES string of the molecule is CN=C(NCc1ccnn1C)NCC(C)CN1CCOCC1.I. The van der Waals surface area contributed by atoms with Crippen LogP contribution in [-0.4, -0.2) is 67.1 Å². The van der Waals surface area contributed by atoms with Crippen LogP contribution in [-0.2, 0) is 18.3 Å². The van der Waals surface area contributed by atoms with E-state index in [0.29, 0.717) is 12.5 Å². The number of aromatic nitrogens is 2. The third kappa shape index (κ3) is 7.05. The zero-order valence-corrected chi connectivity index (χ0v) is 16.6. The normalized spacial score (nSPS) is 17.4. The highest BCUT2D eigenvalue weighted by atomic mass is 127. The van der Waals surface area contributed by atoms with Crippen LogP contribution in [0.1, 0.15) is 12.6 Å². The third-order valence-corrected chi connectivity index (χ3v) is 3.87. The molecule has 2 heterocycles. The van der Waals surface area contributed by atoms with Crippen LogP contribution < -0.4 is 10.6 Å². The number of morpholine rings is 1. The largest absolute Gasteiger partial charge is 0.379 e. The second kappa shape index (κ2) is 10.8. The van der Waals surface area contributed by atoms with E-state index < -0.39 is 0 Å². The van der Waals surface area contributed by atoms with Crippen molar-refractivity contribution < 1.29 is 4.74 Å². The Kier molecular flexibility index (Phi) is 9.49. The van der Waals surface area contributed by atoms with Gasteiger partial charge in [0.05, 0.1) is 25.5 Å². The van der Waals surface area contributed by atoms with Crippen molar-refractivity contribution >= 4 is 29.9 Å². The highest BCUT2D eigenvalue weighted by molar-refractivity contribution is 14.0. The maximum absolute atomic E-state index is 5.38. The van der Waals surface area contributed by atoms with Crippen molar-refractivity contribution in [2.75, 3.05) is 46.4 Å². The summed E-state index contributed by atoms with van der Waals surface area (Å²) in [6.07, 6.45) is 1.80. The number of nitrogens with one attached hydrogen (secondary N) is 2. The van der Waals surface area contributed by atoms with Crippen molar-refractivity contribution in [2.45, 2.75) is 13.5 Å². The van der Waals surface area contributed by atoms with E-state index in [0.717, 1.165) is 51.0 Å². The summed E-state index contributed by atoms with van der Waals surface area (Å²) in [6, 6.07) is 2.00. The first-order valence-electron chi connectivity index (χ1n) is 7.90. The van der Waals surface area contributed by atoms with E-state index in [9.17, 15) is 0 Å². The highest BCUT2D eigenvalue weighted by Crippen LogP contribution is 2.02. The van der Waals surface area contributed by atoms with Gasteiger partial charge in [-0.25, -0.2) is 0 Å². The van der Waals surface area contributed by atoms with E-state index in [1.54, 1.807) is 13.2 Å². The summed E-state index contributed by atoms with van der Waals surface area (Å²) in [5, 5.41) is 10.9. The monoisotopic (exact) mass is 436 g/mol. The van der Waals surface area contributed by atoms with E-state index in [2.05, 4.69) is 32.5 Å². The molecule has 1 atom stereocenters. The molecule has 1 unspecified atom stereocenters. The Labute approximate surface area is 155 Å². The lowest BCUT2D eigenvalue weighted by Gasteiger charge is -2.29. The van der Waals surface area contributed by atoms with Gasteiger partial charge in [0.25, 0.3) is 0 Å². The molecular formula is C15H29IN6O. The van der Waals surface area contributed by atoms with Gasteiger partial charge in [-0.15, -0.1) is 24.0 Å². The Balaban J connectivity index is 0.00000264. The quantitative estimate of drug-likeness (QED) is 0.390. The van der Waals surface area contributed by atoms with Gasteiger partial charge in [0.15, 0.2) is 5.96 Å². The molecule has 23 heavy (non-hydrogen) atoms. The molecule has 1 aromatic heterocycles. The molecule has 0 spiro atoms. The average molecular weight is 436 g/mol. The van der Waals surface area contributed by atoms with Crippen LogP contribution in [0.3, 0.4) is 0 Å². The average Bonchev–Trinajstić information content (AvgIpc) is 2.94. The van der Waals surface area contributed by atoms with Crippen molar-refractivity contribution in [3.63, 3.8) is 0 Å². The van der Waals surface area contributed by atoms with Gasteiger partial charge in [-0.2, -0.15) is 5.10 Å². The molecule has 132 valence electrons. The standard InChI is InChI=1S/C15H28N6O.HI/c1-13(12-21-6-8-22-9-7-21)10-17-15(16-2)18-11-14-4-5-19-20(14)3;/h4-5,13H,6-12H2,1-3H3,(H2,16,17,18);1H. The van der Waals surface area contributed by atoms with Crippen molar-refractivity contribution in [2.24, 2.45) is 18.0 Å². The Morgan fingerprint density at radius 3 is 2.74 bits per heavy atom. The Hall–Kier alpha value is -0.870. The van der Waals surface area contributed by atoms with E-state index in [4.69, 9.17) is 4.74 Å². The summed E-state index contributed by atoms with van der Waals surface area (Å²) in [5.41, 5.74) is 1.13. The number of rotatable bonds is 6. The fourth-order valence-corrected chi connectivity index (χ4v) is 2.53. The lowest BCUT2D eigenvalue weighted by atomic mass is 10.1. The first-order valence-corrected chi connectivity index (χ1v) is 7.90. The molecule has 0 aromatic carbocycles. The number of hydrogen-bond acceptors (Lipinski definition) is 4. The Morgan fingerprint density at radius 1 is 1.39 bits per heavy atom. The minimum atomic E-state index is 0. The van der Waals surface area contributed by atoms with Crippen LogP contribution in [0.2, 0.25) is 0 Å². The van der Waals surface area contributed by atoms with Gasteiger partial charge in [-0.1, -0.05) is 6.92 Å². The number of aryl methyl sites for hydroxylation is 1. The zero-order valence-electron chi connectivity index (χ0n) is 14.3. The molecular weight excluding hydrogens is 407 g/mol. The fourth-order valence-electron chi connectivity index (χ4n) is 2.53. The number of ether oxygens (including phenoxy) is 1. The van der Waals surface area contributed by atoms with Crippen molar-refractivity contribution in [3.05, 3.63) is 18.0 Å². The maximum atomic E-state index is 5.38. The molecule has 1 aromatic rings. The maximum Gasteiger partial charge on any atom is 0.191 e. The van der Waals surface area contributed by atoms with E-state index in [-0.39, 0.29) is 24.0 Å². The first-order chi connectivity index (χ1) is 10.7. The van der Waals surface area contributed by atoms with Gasteiger partial charge < -0.3 is 15.4 Å². The second-order valence-electron chi connectivity index (χ2n) is 5.77. The molecule has 2 N–H and O–H groups in total. The molecule has 8 heteroatoms. The molecule has 0 bridgehead atoms. The van der Waals surface area contributed by atoms with Crippen molar-refractivity contribution in [3.8, 4) is 0 Å². The summed E-state index contributed by atoms with van der Waals surface area (Å²) in [6.45, 7) is 8.76. The number of halogens is 1. The summed E-state index contributed by atoms with van der Waals surface area (Å²) in [7, 11) is 3.74. The fraction of sp³-hybridized carbons (Fsp3) is 0.733. The lowest BCUT2D eigenvalue weighted by Crippen LogP contribution is -2.43. The molecule has 0 aliphatic carbocycles. The molecule has 0 radical (unpaired) electrons. The molecule has 0 saturated carbocycles. The molecule has 1 fully saturated rings. The minimum absolute atomic E-state index is 0. The summed E-state index contributed by atoms with van der Waals surface area (Å²) in [5.74, 6) is 1.39. The smallest absolute Gasteiger partial charge is 0.191 e. The van der Waals surface area contributed by atoms with Crippen LogP contribution in [0.5, 0.6) is 0 Å². The first kappa shape index (κ1) is 20.2. The highest BCUT2D eigenvalue weighted by Gasteiger charge is 2.13. The van der Waals surface area contributed by atoms with Crippen LogP contribution in [0.4, 0.5) is 0 Å². The minimum Gasteiger partial charge on any atom is -0.379 e. The summed E-state index contributed by atoms with van der Waals surface area (Å²) < 4.78 is 7.24. The zero-order chi connectivity index (χ0) is 15.8. The molecule has 0 amide bonds. The van der Waals surface area contributed by atoms with Crippen LogP contribution >= 0.6 is 24.0 Å². The summed E-state index contributed by atoms with van der Waals surface area (Å²) >= 11 is 0. The van der Waals surface area contributed by atoms with Gasteiger partial charge in [-0.05, 0) is 12.0 Å². The number of nitrogens with zero attached hydrogens (tertiary/aromatic N) is 4. The topological polar surface area (TPSA) is 66.7 Å². The molecule has 1 aliphatic heterocycles. The van der Waals surface area contributed by atoms with Crippen molar-refractivity contribution in [1.82, 2.24) is 25.3 Å². The van der Waals surface area contributed by atoms with Crippen LogP contribution in [0, 0.1) is 5.92 Å². The van der Waals surface area contributed by atoms with E-state index in [1.165, 1.54) is 0 Å². The van der Waals surface area contributed by atoms with Gasteiger partial charge in [-0.3, -0.25) is 14.6 Å². The molecule has 7 nitrogen and oxygen atoms in total. The Bertz CT molecular complexity index is 472. The molecule has 2 rings (SSSR count). The number of aliphatic imine (C=N–C) groups is 1. The molecule has 1 aliphatic rings. The number of guanidine groups is 1. The second-order valence-corrected chi connectivity index (χ2v) is 5.77. The third-order valence-electron chi connectivity index (χ3n) is 3.87. The van der Waals surface area contributed by atoms with Crippen molar-refractivity contribution in [1.29, 1.82) is 0 Å². The summed E-state index contributed by atoms with van der Waals surface area (Å²) in [4.78, 5) is 6.73. The molecule has 1 saturated heterocycles. The lowest BCUT2D eigenvalue weighted by molar-refractivity contribution is 0.0320. The van der Waals surface area contributed by atoms with Gasteiger partial charge in [0, 0.05) is 46.5 Å². The van der Waals surface area contributed by atoms with E-state index >= 15 is 0 Å². The number of hydrogen-bond donors (Lipinski definition) is 2. The Morgan fingerprint density at radius 2 is 2.13 bits per heavy atom. The van der Waals surface area contributed by atoms with Gasteiger partial charge >= 0.3 is 0 Å². The van der Waals surface area contributed by atoms with Gasteiger partial charge in [0.1, 0.15) is 0 Å². The van der Waals surface area contributed by atoms with E-state index in [1.807, 2.05) is 17.8 Å².